The molecule has 7 nitrogen and oxygen atoms in total. The first kappa shape index (κ1) is 23.2. The molecule has 0 radical (unpaired) electrons. The summed E-state index contributed by atoms with van der Waals surface area (Å²) in [7, 11) is -1.29. The molecule has 1 aromatic rings. The minimum absolute atomic E-state index is 0. The number of nitrogens with one attached hydrogen (secondary N) is 3. The van der Waals surface area contributed by atoms with Gasteiger partial charge in [-0.2, -0.15) is 0 Å². The van der Waals surface area contributed by atoms with Crippen LogP contribution in [0.2, 0.25) is 0 Å². The summed E-state index contributed by atoms with van der Waals surface area (Å²) < 4.78 is 22.8. The van der Waals surface area contributed by atoms with Crippen molar-refractivity contribution in [1.29, 1.82) is 0 Å². The molecule has 1 atom stereocenters. The van der Waals surface area contributed by atoms with Crippen molar-refractivity contribution in [2.24, 2.45) is 4.99 Å². The number of thiophene rings is 1. The second-order valence-electron chi connectivity index (χ2n) is 5.99. The zero-order valence-electron chi connectivity index (χ0n) is 15.1. The number of hydrogen-bond donors (Lipinski definition) is 3. The molecule has 0 bridgehead atoms. The highest BCUT2D eigenvalue weighted by Gasteiger charge is 2.28. The summed E-state index contributed by atoms with van der Waals surface area (Å²) >= 11 is 1.77. The van der Waals surface area contributed by atoms with E-state index in [0.29, 0.717) is 25.5 Å². The normalized spacial score (nSPS) is 18.8. The number of rotatable bonds is 7. The molecule has 0 aromatic carbocycles. The zero-order valence-corrected chi connectivity index (χ0v) is 19.0. The standard InChI is InChI=1S/C16H26N4O3S2.HI/c1-3-13-4-5-14(24-13)10-19-16(17-2)18-8-6-15(21)20-12-7-9-25(22,23)11-12;/h4-5,12H,3,6-11H2,1-2H3,(H,20,21)(H2,17,18,19);1H. The highest BCUT2D eigenvalue weighted by atomic mass is 127. The van der Waals surface area contributed by atoms with Crippen molar-refractivity contribution in [1.82, 2.24) is 16.0 Å². The van der Waals surface area contributed by atoms with E-state index in [9.17, 15) is 13.2 Å². The van der Waals surface area contributed by atoms with Gasteiger partial charge < -0.3 is 16.0 Å². The first-order chi connectivity index (χ1) is 11.9. The Labute approximate surface area is 176 Å². The molecule has 1 aliphatic heterocycles. The van der Waals surface area contributed by atoms with Crippen LogP contribution in [0.5, 0.6) is 0 Å². The van der Waals surface area contributed by atoms with Crippen LogP contribution in [-0.4, -0.2) is 51.4 Å². The second-order valence-corrected chi connectivity index (χ2v) is 9.47. The van der Waals surface area contributed by atoms with Gasteiger partial charge in [-0.3, -0.25) is 9.79 Å². The minimum atomic E-state index is -2.97. The summed E-state index contributed by atoms with van der Waals surface area (Å²) in [6.45, 7) is 3.27. The number of hydrogen-bond acceptors (Lipinski definition) is 5. The highest BCUT2D eigenvalue weighted by molar-refractivity contribution is 14.0. The lowest BCUT2D eigenvalue weighted by Crippen LogP contribution is -2.40. The molecule has 0 aliphatic carbocycles. The van der Waals surface area contributed by atoms with Crippen LogP contribution in [0.1, 0.15) is 29.5 Å². The number of amides is 1. The van der Waals surface area contributed by atoms with Crippen molar-refractivity contribution in [2.75, 3.05) is 25.1 Å². The fourth-order valence-corrected chi connectivity index (χ4v) is 5.17. The highest BCUT2D eigenvalue weighted by Crippen LogP contribution is 2.16. The third-order valence-electron chi connectivity index (χ3n) is 3.96. The molecular formula is C16H27IN4O3S2. The molecule has 26 heavy (non-hydrogen) atoms. The molecule has 2 rings (SSSR count). The maximum Gasteiger partial charge on any atom is 0.222 e. The monoisotopic (exact) mass is 514 g/mol. The first-order valence-electron chi connectivity index (χ1n) is 8.43. The van der Waals surface area contributed by atoms with Crippen LogP contribution < -0.4 is 16.0 Å². The molecule has 10 heteroatoms. The Kier molecular flexibility index (Phi) is 9.86. The average Bonchev–Trinajstić information content (AvgIpc) is 3.16. The molecular weight excluding hydrogens is 487 g/mol. The number of aliphatic imine (C=N–C) groups is 1. The Morgan fingerprint density at radius 3 is 2.62 bits per heavy atom. The average molecular weight is 514 g/mol. The Hall–Kier alpha value is -0.880. The summed E-state index contributed by atoms with van der Waals surface area (Å²) in [5.41, 5.74) is 0. The summed E-state index contributed by atoms with van der Waals surface area (Å²) in [5.74, 6) is 0.712. The Morgan fingerprint density at radius 1 is 1.31 bits per heavy atom. The molecule has 3 N–H and O–H groups in total. The van der Waals surface area contributed by atoms with E-state index in [0.717, 1.165) is 6.42 Å². The van der Waals surface area contributed by atoms with Crippen molar-refractivity contribution < 1.29 is 13.2 Å². The van der Waals surface area contributed by atoms with Crippen LogP contribution in [-0.2, 0) is 27.6 Å². The zero-order chi connectivity index (χ0) is 18.3. The van der Waals surface area contributed by atoms with Gasteiger partial charge in [0.25, 0.3) is 0 Å². The van der Waals surface area contributed by atoms with Gasteiger partial charge in [0, 0.05) is 35.8 Å². The third-order valence-corrected chi connectivity index (χ3v) is 6.96. The van der Waals surface area contributed by atoms with Crippen LogP contribution >= 0.6 is 35.3 Å². The number of halogens is 1. The molecule has 1 unspecified atom stereocenters. The summed E-state index contributed by atoms with van der Waals surface area (Å²) in [6, 6.07) is 3.99. The summed E-state index contributed by atoms with van der Waals surface area (Å²) in [5, 5.41) is 9.09. The van der Waals surface area contributed by atoms with Crippen LogP contribution in [0.15, 0.2) is 17.1 Å². The molecule has 1 saturated heterocycles. The van der Waals surface area contributed by atoms with Crippen LogP contribution in [0, 0.1) is 0 Å². The van der Waals surface area contributed by atoms with Gasteiger partial charge in [0.15, 0.2) is 15.8 Å². The maximum absolute atomic E-state index is 11.9. The number of nitrogens with zero attached hydrogens (tertiary/aromatic N) is 1. The topological polar surface area (TPSA) is 99.7 Å². The first-order valence-corrected chi connectivity index (χ1v) is 11.1. The molecule has 148 valence electrons. The molecule has 0 spiro atoms. The van der Waals surface area contributed by atoms with Crippen LogP contribution in [0.25, 0.3) is 0 Å². The van der Waals surface area contributed by atoms with Crippen molar-refractivity contribution >= 4 is 57.0 Å². The minimum Gasteiger partial charge on any atom is -0.356 e. The molecule has 1 amide bonds. The van der Waals surface area contributed by atoms with Crippen molar-refractivity contribution in [3.63, 3.8) is 0 Å². The molecule has 1 aromatic heterocycles. The summed E-state index contributed by atoms with van der Waals surface area (Å²) in [4.78, 5) is 18.6. The fourth-order valence-electron chi connectivity index (χ4n) is 2.60. The van der Waals surface area contributed by atoms with E-state index in [1.807, 2.05) is 0 Å². The van der Waals surface area contributed by atoms with Crippen molar-refractivity contribution in [3.8, 4) is 0 Å². The number of carbonyl (C=O) groups excluding carboxylic acids is 1. The SMILES string of the molecule is CCc1ccc(CNC(=NC)NCCC(=O)NC2CCS(=O)(=O)C2)s1.I. The molecule has 2 heterocycles. The Morgan fingerprint density at radius 2 is 2.04 bits per heavy atom. The quantitative estimate of drug-likeness (QED) is 0.289. The van der Waals surface area contributed by atoms with Crippen molar-refractivity contribution in [3.05, 3.63) is 21.9 Å². The van der Waals surface area contributed by atoms with Crippen LogP contribution in [0.3, 0.4) is 0 Å². The van der Waals surface area contributed by atoms with Crippen molar-refractivity contribution in [2.45, 2.75) is 38.8 Å². The van der Waals surface area contributed by atoms with Crippen LogP contribution in [0.4, 0.5) is 0 Å². The van der Waals surface area contributed by atoms with Gasteiger partial charge in [-0.25, -0.2) is 8.42 Å². The lowest BCUT2D eigenvalue weighted by atomic mass is 10.2. The smallest absolute Gasteiger partial charge is 0.222 e. The molecule has 1 aliphatic rings. The Balaban J connectivity index is 0.00000338. The van der Waals surface area contributed by atoms with Gasteiger partial charge in [-0.05, 0) is 25.0 Å². The van der Waals surface area contributed by atoms with Gasteiger partial charge in [0.1, 0.15) is 0 Å². The van der Waals surface area contributed by atoms with E-state index in [1.54, 1.807) is 18.4 Å². The van der Waals surface area contributed by atoms with Gasteiger partial charge >= 0.3 is 0 Å². The van der Waals surface area contributed by atoms with E-state index < -0.39 is 9.84 Å². The predicted molar refractivity (Wildman–Crippen MR) is 117 cm³/mol. The van der Waals surface area contributed by atoms with Gasteiger partial charge in [0.05, 0.1) is 18.1 Å². The number of sulfone groups is 1. The largest absolute Gasteiger partial charge is 0.356 e. The van der Waals surface area contributed by atoms with E-state index in [4.69, 9.17) is 0 Å². The lowest BCUT2D eigenvalue weighted by Gasteiger charge is -2.13. The van der Waals surface area contributed by atoms with E-state index >= 15 is 0 Å². The summed E-state index contributed by atoms with van der Waals surface area (Å²) in [6.07, 6.45) is 1.82. The lowest BCUT2D eigenvalue weighted by molar-refractivity contribution is -0.121. The van der Waals surface area contributed by atoms with Gasteiger partial charge in [-0.1, -0.05) is 6.92 Å². The molecule has 1 fully saturated rings. The van der Waals surface area contributed by atoms with E-state index in [1.165, 1.54) is 9.75 Å². The van der Waals surface area contributed by atoms with E-state index in [-0.39, 0.29) is 53.9 Å². The Bertz CT molecular complexity index is 719. The van der Waals surface area contributed by atoms with Gasteiger partial charge in [0.2, 0.25) is 5.91 Å². The van der Waals surface area contributed by atoms with E-state index in [2.05, 4.69) is 40.0 Å². The molecule has 0 saturated carbocycles. The second kappa shape index (κ2) is 11.1. The van der Waals surface area contributed by atoms with Gasteiger partial charge in [-0.15, -0.1) is 35.3 Å². The third kappa shape index (κ3) is 7.78. The fraction of sp³-hybridized carbons (Fsp3) is 0.625. The number of carbonyl (C=O) groups is 1. The number of guanidine groups is 1. The maximum atomic E-state index is 11.9. The number of aryl methyl sites for hydroxylation is 1. The predicted octanol–water partition coefficient (Wildman–Crippen LogP) is 1.29.